The van der Waals surface area contributed by atoms with Crippen molar-refractivity contribution in [3.05, 3.63) is 62.1 Å². The van der Waals surface area contributed by atoms with Gasteiger partial charge in [0.2, 0.25) is 0 Å². The Bertz CT molecular complexity index is 991. The van der Waals surface area contributed by atoms with Gasteiger partial charge >= 0.3 is 6.09 Å². The number of nitrogens with zero attached hydrogens (tertiary/aromatic N) is 1. The Labute approximate surface area is 188 Å². The van der Waals surface area contributed by atoms with Crippen molar-refractivity contribution in [3.8, 4) is 5.75 Å². The molecule has 0 radical (unpaired) electrons. The van der Waals surface area contributed by atoms with E-state index in [1.165, 1.54) is 24.3 Å². The maximum absolute atomic E-state index is 12.7. The molecule has 0 aromatic heterocycles. The molecular formula is C20H21Cl2N3O6. The average molecular weight is 470 g/mol. The second-order valence-corrected chi connectivity index (χ2v) is 8.14. The summed E-state index contributed by atoms with van der Waals surface area (Å²) in [6.45, 7) is 5.46. The van der Waals surface area contributed by atoms with Crippen LogP contribution in [0.1, 0.15) is 31.1 Å². The van der Waals surface area contributed by atoms with Crippen molar-refractivity contribution in [1.29, 1.82) is 0 Å². The number of nitro groups is 1. The Morgan fingerprint density at radius 3 is 2.45 bits per heavy atom. The van der Waals surface area contributed by atoms with Gasteiger partial charge in [-0.15, -0.1) is 0 Å². The first-order valence-corrected chi connectivity index (χ1v) is 9.86. The van der Waals surface area contributed by atoms with Gasteiger partial charge in [-0.25, -0.2) is 4.79 Å². The SMILES string of the molecule is CC(C)(C)OC(=O)NCCOc1ccc(Cl)cc1C(=O)Nc1ccc([N+](=O)[O-])cc1Cl. The van der Waals surface area contributed by atoms with Crippen molar-refractivity contribution in [2.24, 2.45) is 0 Å². The van der Waals surface area contributed by atoms with E-state index in [-0.39, 0.29) is 40.9 Å². The maximum atomic E-state index is 12.7. The van der Waals surface area contributed by atoms with Crippen molar-refractivity contribution in [3.63, 3.8) is 0 Å². The minimum atomic E-state index is -0.620. The van der Waals surface area contributed by atoms with Crippen LogP contribution < -0.4 is 15.4 Å². The van der Waals surface area contributed by atoms with Gasteiger partial charge in [0.15, 0.2) is 0 Å². The monoisotopic (exact) mass is 469 g/mol. The van der Waals surface area contributed by atoms with Gasteiger partial charge < -0.3 is 20.1 Å². The van der Waals surface area contributed by atoms with E-state index in [0.29, 0.717) is 5.02 Å². The second-order valence-electron chi connectivity index (χ2n) is 7.29. The molecular weight excluding hydrogens is 449 g/mol. The first-order chi connectivity index (χ1) is 14.5. The minimum absolute atomic E-state index is 0.00797. The number of ether oxygens (including phenoxy) is 2. The predicted octanol–water partition coefficient (Wildman–Crippen LogP) is 5.06. The van der Waals surface area contributed by atoms with Gasteiger partial charge in [0.25, 0.3) is 11.6 Å². The normalized spacial score (nSPS) is 10.9. The highest BCUT2D eigenvalue weighted by atomic mass is 35.5. The van der Waals surface area contributed by atoms with E-state index in [1.54, 1.807) is 26.8 Å². The molecule has 0 heterocycles. The molecule has 0 saturated carbocycles. The Kier molecular flexibility index (Phi) is 8.07. The number of halogens is 2. The van der Waals surface area contributed by atoms with Crippen LogP contribution in [0.15, 0.2) is 36.4 Å². The molecule has 2 aromatic carbocycles. The third kappa shape index (κ3) is 7.62. The van der Waals surface area contributed by atoms with E-state index >= 15 is 0 Å². The van der Waals surface area contributed by atoms with Crippen molar-refractivity contribution >= 4 is 46.6 Å². The van der Waals surface area contributed by atoms with E-state index in [0.717, 1.165) is 6.07 Å². The number of hydrogen-bond acceptors (Lipinski definition) is 6. The molecule has 11 heteroatoms. The quantitative estimate of drug-likeness (QED) is 0.332. The molecule has 0 bridgehead atoms. The van der Waals surface area contributed by atoms with Crippen LogP contribution in [-0.4, -0.2) is 35.7 Å². The van der Waals surface area contributed by atoms with E-state index in [2.05, 4.69) is 10.6 Å². The zero-order chi connectivity index (χ0) is 23.2. The number of carbonyl (C=O) groups is 2. The zero-order valence-corrected chi connectivity index (χ0v) is 18.5. The van der Waals surface area contributed by atoms with Gasteiger partial charge in [-0.2, -0.15) is 0 Å². The number of alkyl carbamates (subject to hydrolysis) is 1. The third-order valence-electron chi connectivity index (χ3n) is 3.63. The lowest BCUT2D eigenvalue weighted by molar-refractivity contribution is -0.384. The number of carbonyl (C=O) groups excluding carboxylic acids is 2. The number of nitrogens with one attached hydrogen (secondary N) is 2. The summed E-state index contributed by atoms with van der Waals surface area (Å²) in [5.41, 5.74) is -0.507. The fourth-order valence-electron chi connectivity index (χ4n) is 2.34. The van der Waals surface area contributed by atoms with Crippen LogP contribution in [0.3, 0.4) is 0 Å². The van der Waals surface area contributed by atoms with Crippen molar-refractivity contribution < 1.29 is 24.0 Å². The van der Waals surface area contributed by atoms with Crippen molar-refractivity contribution in [2.45, 2.75) is 26.4 Å². The molecule has 2 aromatic rings. The first kappa shape index (κ1) is 24.2. The molecule has 0 fully saturated rings. The summed E-state index contributed by atoms with van der Waals surface area (Å²) in [6, 6.07) is 8.16. The highest BCUT2D eigenvalue weighted by Crippen LogP contribution is 2.29. The molecule has 0 unspecified atom stereocenters. The van der Waals surface area contributed by atoms with E-state index in [4.69, 9.17) is 32.7 Å². The highest BCUT2D eigenvalue weighted by Gasteiger charge is 2.18. The Morgan fingerprint density at radius 2 is 1.84 bits per heavy atom. The smallest absolute Gasteiger partial charge is 0.407 e. The predicted molar refractivity (Wildman–Crippen MR) is 117 cm³/mol. The molecule has 0 saturated heterocycles. The van der Waals surface area contributed by atoms with Gasteiger partial charge in [-0.3, -0.25) is 14.9 Å². The number of rotatable bonds is 7. The summed E-state index contributed by atoms with van der Waals surface area (Å²) in [6.07, 6.45) is -0.585. The van der Waals surface area contributed by atoms with Crippen LogP contribution in [0, 0.1) is 10.1 Å². The van der Waals surface area contributed by atoms with Crippen LogP contribution in [0.25, 0.3) is 0 Å². The van der Waals surface area contributed by atoms with Crippen molar-refractivity contribution in [2.75, 3.05) is 18.5 Å². The molecule has 0 atom stereocenters. The standard InChI is InChI=1S/C20H21Cl2N3O6/c1-20(2,3)31-19(27)23-8-9-30-17-7-4-12(21)10-14(17)18(26)24-16-6-5-13(25(28)29)11-15(16)22/h4-7,10-11H,8-9H2,1-3H3,(H,23,27)(H,24,26). The Balaban J connectivity index is 2.05. The lowest BCUT2D eigenvalue weighted by atomic mass is 10.1. The fourth-order valence-corrected chi connectivity index (χ4v) is 2.74. The molecule has 0 aliphatic rings. The third-order valence-corrected chi connectivity index (χ3v) is 4.17. The fraction of sp³-hybridized carbons (Fsp3) is 0.300. The number of benzene rings is 2. The van der Waals surface area contributed by atoms with E-state index in [1.807, 2.05) is 0 Å². The van der Waals surface area contributed by atoms with Gasteiger partial charge in [0.05, 0.1) is 27.7 Å². The summed E-state index contributed by atoms with van der Waals surface area (Å²) >= 11 is 12.0. The lowest BCUT2D eigenvalue weighted by Crippen LogP contribution is -2.34. The summed E-state index contributed by atoms with van der Waals surface area (Å²) < 4.78 is 10.7. The molecule has 31 heavy (non-hydrogen) atoms. The number of amides is 2. The summed E-state index contributed by atoms with van der Waals surface area (Å²) in [7, 11) is 0. The molecule has 9 nitrogen and oxygen atoms in total. The molecule has 2 amide bonds. The Hall–Kier alpha value is -3.04. The summed E-state index contributed by atoms with van der Waals surface area (Å²) in [5.74, 6) is -0.348. The van der Waals surface area contributed by atoms with Gasteiger partial charge in [0, 0.05) is 17.2 Å². The van der Waals surface area contributed by atoms with Crippen LogP contribution in [0.5, 0.6) is 5.75 Å². The topological polar surface area (TPSA) is 120 Å². The van der Waals surface area contributed by atoms with Crippen LogP contribution in [0.4, 0.5) is 16.2 Å². The number of anilines is 1. The van der Waals surface area contributed by atoms with Crippen molar-refractivity contribution in [1.82, 2.24) is 5.32 Å². The molecule has 166 valence electrons. The molecule has 0 aliphatic carbocycles. The van der Waals surface area contributed by atoms with E-state index in [9.17, 15) is 19.7 Å². The number of hydrogen-bond donors (Lipinski definition) is 2. The Morgan fingerprint density at radius 1 is 1.13 bits per heavy atom. The molecule has 2 N–H and O–H groups in total. The average Bonchev–Trinajstić information content (AvgIpc) is 2.66. The summed E-state index contributed by atoms with van der Waals surface area (Å²) in [4.78, 5) is 34.6. The van der Waals surface area contributed by atoms with Crippen LogP contribution in [-0.2, 0) is 4.74 Å². The lowest BCUT2D eigenvalue weighted by Gasteiger charge is -2.19. The van der Waals surface area contributed by atoms with Gasteiger partial charge in [-0.05, 0) is 45.0 Å². The molecule has 0 aliphatic heterocycles. The summed E-state index contributed by atoms with van der Waals surface area (Å²) in [5, 5.41) is 16.3. The molecule has 0 spiro atoms. The zero-order valence-electron chi connectivity index (χ0n) is 17.0. The minimum Gasteiger partial charge on any atom is -0.491 e. The van der Waals surface area contributed by atoms with Crippen LogP contribution in [0.2, 0.25) is 10.0 Å². The van der Waals surface area contributed by atoms with E-state index < -0.39 is 22.5 Å². The van der Waals surface area contributed by atoms with Gasteiger partial charge in [0.1, 0.15) is 18.0 Å². The van der Waals surface area contributed by atoms with Gasteiger partial charge in [-0.1, -0.05) is 23.2 Å². The second kappa shape index (κ2) is 10.3. The largest absolute Gasteiger partial charge is 0.491 e. The molecule has 2 rings (SSSR count). The maximum Gasteiger partial charge on any atom is 0.407 e. The first-order valence-electron chi connectivity index (χ1n) is 9.11. The highest BCUT2D eigenvalue weighted by molar-refractivity contribution is 6.34. The van der Waals surface area contributed by atoms with Crippen LogP contribution >= 0.6 is 23.2 Å². The number of non-ortho nitro benzene ring substituents is 1. The number of nitro benzene ring substituents is 1.